The van der Waals surface area contributed by atoms with Crippen molar-refractivity contribution in [3.8, 4) is 5.75 Å². The fraction of sp³-hybridized carbons (Fsp3) is 0.511. The van der Waals surface area contributed by atoms with E-state index >= 15 is 0 Å². The van der Waals surface area contributed by atoms with Crippen molar-refractivity contribution in [1.29, 1.82) is 0 Å². The maximum atomic E-state index is 14.3. The molecule has 2 aromatic rings. The van der Waals surface area contributed by atoms with Crippen molar-refractivity contribution >= 4 is 96.2 Å². The van der Waals surface area contributed by atoms with Crippen LogP contribution in [0.2, 0.25) is 0 Å². The van der Waals surface area contributed by atoms with Crippen molar-refractivity contribution in [3.63, 3.8) is 0 Å². The molecule has 0 aliphatic heterocycles. The summed E-state index contributed by atoms with van der Waals surface area (Å²) in [6, 6.07) is 3.12. The van der Waals surface area contributed by atoms with E-state index in [0.29, 0.717) is 16.9 Å². The lowest BCUT2D eigenvalue weighted by molar-refractivity contribution is -0.141. The summed E-state index contributed by atoms with van der Waals surface area (Å²) in [5.41, 5.74) is 6.72. The number of nitrogens with two attached hydrogens (primary N) is 1. The summed E-state index contributed by atoms with van der Waals surface area (Å²) in [6.45, 7) is 2.27. The Labute approximate surface area is 431 Å². The van der Waals surface area contributed by atoms with Gasteiger partial charge in [0.2, 0.25) is 53.2 Å². The third kappa shape index (κ3) is 21.7. The second-order valence-corrected chi connectivity index (χ2v) is 18.4. The summed E-state index contributed by atoms with van der Waals surface area (Å²) in [4.78, 5) is 131. The Morgan fingerprint density at radius 2 is 1.07 bits per heavy atom. The first kappa shape index (κ1) is 62.0. The van der Waals surface area contributed by atoms with Gasteiger partial charge in [0, 0.05) is 24.3 Å². The third-order valence-electron chi connectivity index (χ3n) is 10.6. The molecular weight excluding hydrogens is 1000 g/mol. The first-order valence-electron chi connectivity index (χ1n) is 22.5. The number of rotatable bonds is 31. The highest BCUT2D eigenvalue weighted by molar-refractivity contribution is 7.98. The van der Waals surface area contributed by atoms with Crippen molar-refractivity contribution < 1.29 is 68.4 Å². The van der Waals surface area contributed by atoms with Gasteiger partial charge in [0.05, 0.1) is 25.8 Å². The Bertz CT molecular complexity index is 2160. The number of aliphatic hydroxyl groups is 2. The summed E-state index contributed by atoms with van der Waals surface area (Å²) in [5, 5.41) is 60.6. The topological polar surface area (TPSA) is 386 Å². The standard InChI is InChI=1S/C45H66N10O14S3/c1-23(2)37(44(67)52-29(17-26-10-12-27(58)13-11-26)38(61)48-18-34(59)47-19-35(60)49-33(22-71)45(68)69)55-40(63)30(16-25-8-6-5-7-9-25)51-39(62)28(14-15-72-4)50-41(64)31(20-56)53-42(65)32(21-70)54-43(66)36(46)24(3)57/h5-13,23-24,28-33,36-37,56-58,70-71H,14-22,46H2,1-4H3,(H,47,59)(H,48,61)(H,49,60)(H,50,64)(H,51,62)(H,52,67)(H,53,65)(H,54,66)(H,55,63)(H,68,69)/t24-,28+,29+,30+,31+,32+,33+,36+,37+/m1/s1. The first-order valence-corrected chi connectivity index (χ1v) is 25.2. The fourth-order valence-electron chi connectivity index (χ4n) is 6.35. The predicted octanol–water partition coefficient (Wildman–Crippen LogP) is -4.14. The highest BCUT2D eigenvalue weighted by Crippen LogP contribution is 2.13. The number of aliphatic carboxylic acids is 1. The number of benzene rings is 2. The number of carbonyl (C=O) groups excluding carboxylic acids is 9. The minimum atomic E-state index is -1.63. The molecule has 24 nitrogen and oxygen atoms in total. The maximum absolute atomic E-state index is 14.3. The van der Waals surface area contributed by atoms with E-state index in [1.165, 1.54) is 43.0 Å². The van der Waals surface area contributed by atoms with Gasteiger partial charge in [0.15, 0.2) is 0 Å². The SMILES string of the molecule is CSCC[C@H](NC(=O)[C@H](CO)NC(=O)[C@H](CS)NC(=O)[C@@H](N)[C@@H](C)O)C(=O)N[C@@H](Cc1ccccc1)C(=O)N[C@H](C(=O)N[C@@H](Cc1ccc(O)cc1)C(=O)NCC(=O)NCC(=O)N[C@@H](CS)C(=O)O)C(C)C. The fourth-order valence-corrected chi connectivity index (χ4v) is 7.32. The van der Waals surface area contributed by atoms with Gasteiger partial charge in [-0.1, -0.05) is 56.3 Å². The molecule has 0 unspecified atom stereocenters. The summed E-state index contributed by atoms with van der Waals surface area (Å²) in [7, 11) is 0. The molecule has 0 saturated heterocycles. The maximum Gasteiger partial charge on any atom is 0.327 e. The summed E-state index contributed by atoms with van der Waals surface area (Å²) in [6.07, 6.45) is 0.238. The van der Waals surface area contributed by atoms with Crippen molar-refractivity contribution in [3.05, 3.63) is 65.7 Å². The number of amides is 9. The lowest BCUT2D eigenvalue weighted by Crippen LogP contribution is -2.61. The molecular formula is C45H66N10O14S3. The number of hydrogen-bond acceptors (Lipinski definition) is 17. The molecule has 72 heavy (non-hydrogen) atoms. The molecule has 0 radical (unpaired) electrons. The minimum Gasteiger partial charge on any atom is -0.508 e. The number of hydrogen-bond donors (Lipinski definition) is 16. The number of carboxylic acids is 1. The van der Waals surface area contributed by atoms with Gasteiger partial charge in [0.1, 0.15) is 54.1 Å². The molecule has 0 heterocycles. The lowest BCUT2D eigenvalue weighted by atomic mass is 9.99. The average molecular weight is 1070 g/mol. The number of phenolic OH excluding ortho intramolecular Hbond substituents is 1. The number of nitrogens with one attached hydrogen (secondary N) is 9. The van der Waals surface area contributed by atoms with Gasteiger partial charge >= 0.3 is 5.97 Å². The zero-order chi connectivity index (χ0) is 54.1. The van der Waals surface area contributed by atoms with Crippen LogP contribution in [-0.2, 0) is 60.8 Å². The van der Waals surface area contributed by atoms with Crippen molar-refractivity contribution in [2.75, 3.05) is 43.2 Å². The van der Waals surface area contributed by atoms with Gasteiger partial charge in [-0.25, -0.2) is 4.79 Å². The normalized spacial score (nSPS) is 14.8. The molecule has 2 rings (SSSR count). The Morgan fingerprint density at radius 3 is 1.61 bits per heavy atom. The quantitative estimate of drug-likeness (QED) is 0.0319. The Kier molecular flexibility index (Phi) is 27.6. The average Bonchev–Trinajstić information content (AvgIpc) is 3.34. The van der Waals surface area contributed by atoms with E-state index in [9.17, 15) is 63.3 Å². The van der Waals surface area contributed by atoms with Crippen LogP contribution >= 0.6 is 37.0 Å². The molecule has 0 saturated carbocycles. The molecule has 0 aliphatic carbocycles. The molecule has 398 valence electrons. The van der Waals surface area contributed by atoms with Crippen LogP contribution in [0, 0.1) is 5.92 Å². The van der Waals surface area contributed by atoms with Gasteiger partial charge in [-0.3, -0.25) is 43.2 Å². The monoisotopic (exact) mass is 1070 g/mol. The Hall–Kier alpha value is -6.13. The molecule has 2 aromatic carbocycles. The lowest BCUT2D eigenvalue weighted by Gasteiger charge is -2.28. The van der Waals surface area contributed by atoms with E-state index in [2.05, 4.69) is 73.1 Å². The van der Waals surface area contributed by atoms with E-state index in [0.717, 1.165) is 0 Å². The summed E-state index contributed by atoms with van der Waals surface area (Å²) in [5.74, 6) is -10.0. The van der Waals surface area contributed by atoms with Crippen LogP contribution in [0.15, 0.2) is 54.6 Å². The molecule has 9 amide bonds. The molecule has 0 spiro atoms. The zero-order valence-electron chi connectivity index (χ0n) is 40.1. The van der Waals surface area contributed by atoms with E-state index in [-0.39, 0.29) is 36.5 Å². The highest BCUT2D eigenvalue weighted by atomic mass is 32.2. The van der Waals surface area contributed by atoms with Crippen LogP contribution in [0.4, 0.5) is 0 Å². The van der Waals surface area contributed by atoms with Gasteiger partial charge in [0.25, 0.3) is 0 Å². The molecule has 0 bridgehead atoms. The second kappa shape index (κ2) is 32.0. The van der Waals surface area contributed by atoms with Gasteiger partial charge in [-0.15, -0.1) is 0 Å². The van der Waals surface area contributed by atoms with Gasteiger partial charge in [-0.05, 0) is 54.5 Å². The molecule has 0 fully saturated rings. The zero-order valence-corrected chi connectivity index (χ0v) is 42.7. The minimum absolute atomic E-state index is 0.0131. The van der Waals surface area contributed by atoms with Crippen molar-refractivity contribution in [1.82, 2.24) is 47.9 Å². The van der Waals surface area contributed by atoms with Crippen LogP contribution in [0.5, 0.6) is 5.75 Å². The van der Waals surface area contributed by atoms with Crippen molar-refractivity contribution in [2.24, 2.45) is 11.7 Å². The number of carbonyl (C=O) groups is 10. The number of carboxylic acid groups (broad SMARTS) is 1. The smallest absolute Gasteiger partial charge is 0.327 e. The molecule has 27 heteroatoms. The summed E-state index contributed by atoms with van der Waals surface area (Å²) < 4.78 is 0. The molecule has 15 N–H and O–H groups in total. The Balaban J connectivity index is 2.33. The van der Waals surface area contributed by atoms with Crippen molar-refractivity contribution in [2.45, 2.75) is 94.5 Å². The van der Waals surface area contributed by atoms with E-state index in [4.69, 9.17) is 10.8 Å². The van der Waals surface area contributed by atoms with Crippen LogP contribution in [0.25, 0.3) is 0 Å². The van der Waals surface area contributed by atoms with E-state index in [1.807, 2.05) is 0 Å². The van der Waals surface area contributed by atoms with Crippen LogP contribution in [-0.4, -0.2) is 177 Å². The van der Waals surface area contributed by atoms with E-state index in [1.54, 1.807) is 50.4 Å². The largest absolute Gasteiger partial charge is 0.508 e. The first-order chi connectivity index (χ1) is 34.0. The third-order valence-corrected chi connectivity index (χ3v) is 11.9. The molecule has 0 aromatic heterocycles. The number of thioether (sulfide) groups is 1. The molecule has 9 atom stereocenters. The Morgan fingerprint density at radius 1 is 0.583 bits per heavy atom. The second-order valence-electron chi connectivity index (χ2n) is 16.6. The number of thiol groups is 2. The van der Waals surface area contributed by atoms with Crippen LogP contribution in [0.3, 0.4) is 0 Å². The highest BCUT2D eigenvalue weighted by Gasteiger charge is 2.35. The summed E-state index contributed by atoms with van der Waals surface area (Å²) >= 11 is 9.27. The predicted molar refractivity (Wildman–Crippen MR) is 271 cm³/mol. The number of phenols is 1. The van der Waals surface area contributed by atoms with Gasteiger partial charge in [-0.2, -0.15) is 37.0 Å². The molecule has 0 aliphatic rings. The van der Waals surface area contributed by atoms with E-state index < -0.39 is 139 Å². The van der Waals surface area contributed by atoms with Crippen LogP contribution in [0.1, 0.15) is 38.3 Å². The number of aromatic hydroxyl groups is 1. The van der Waals surface area contributed by atoms with Gasteiger partial charge < -0.3 is 74.0 Å². The number of aliphatic hydroxyl groups excluding tert-OH is 2. The van der Waals surface area contributed by atoms with Crippen LogP contribution < -0.4 is 53.6 Å².